The van der Waals surface area contributed by atoms with E-state index in [0.717, 1.165) is 10.8 Å². The van der Waals surface area contributed by atoms with E-state index in [1.165, 1.54) is 6.21 Å². The normalized spacial score (nSPS) is 12.4. The molecule has 3 rings (SSSR count). The summed E-state index contributed by atoms with van der Waals surface area (Å²) in [6, 6.07) is 19.5. The van der Waals surface area contributed by atoms with Gasteiger partial charge in [-0.2, -0.15) is 5.10 Å². The smallest absolute Gasteiger partial charge is 0.273 e. The van der Waals surface area contributed by atoms with Crippen molar-refractivity contribution in [1.82, 2.24) is 5.43 Å². The Morgan fingerprint density at radius 2 is 1.71 bits per heavy atom. The first-order valence-corrected chi connectivity index (χ1v) is 7.43. The monoisotopic (exact) mass is 320 g/mol. The quantitative estimate of drug-likeness (QED) is 0.510. The molecule has 0 aliphatic rings. The summed E-state index contributed by atoms with van der Waals surface area (Å²) in [6.07, 6.45) is 0.0669. The van der Waals surface area contributed by atoms with Crippen molar-refractivity contribution in [2.45, 2.75) is 6.10 Å². The highest BCUT2D eigenvalue weighted by molar-refractivity contribution is 6.02. The highest BCUT2D eigenvalue weighted by atomic mass is 16.3. The van der Waals surface area contributed by atoms with Gasteiger partial charge >= 0.3 is 0 Å². The van der Waals surface area contributed by atoms with Gasteiger partial charge in [-0.1, -0.05) is 60.7 Å². The van der Waals surface area contributed by atoms with E-state index >= 15 is 0 Å². The Balaban J connectivity index is 1.77. The molecule has 120 valence electrons. The Labute approximate surface area is 138 Å². The maximum absolute atomic E-state index is 11.9. The molecule has 1 unspecified atom stereocenters. The molecule has 0 aliphatic heterocycles. The summed E-state index contributed by atoms with van der Waals surface area (Å²) < 4.78 is 0. The summed E-state index contributed by atoms with van der Waals surface area (Å²) >= 11 is 0. The van der Waals surface area contributed by atoms with Gasteiger partial charge in [0.25, 0.3) is 5.91 Å². The van der Waals surface area contributed by atoms with Crippen LogP contribution in [-0.2, 0) is 4.79 Å². The molecule has 3 aromatic rings. The van der Waals surface area contributed by atoms with Crippen molar-refractivity contribution in [3.8, 4) is 5.75 Å². The minimum Gasteiger partial charge on any atom is -0.507 e. The second kappa shape index (κ2) is 6.93. The van der Waals surface area contributed by atoms with Crippen molar-refractivity contribution in [3.05, 3.63) is 77.9 Å². The average Bonchev–Trinajstić information content (AvgIpc) is 2.63. The molecule has 0 spiro atoms. The van der Waals surface area contributed by atoms with E-state index in [0.29, 0.717) is 11.1 Å². The van der Waals surface area contributed by atoms with Crippen LogP contribution in [0.3, 0.4) is 0 Å². The molecule has 3 N–H and O–H groups in total. The van der Waals surface area contributed by atoms with Crippen LogP contribution in [0.15, 0.2) is 71.8 Å². The van der Waals surface area contributed by atoms with Crippen molar-refractivity contribution in [3.63, 3.8) is 0 Å². The number of hydrogen-bond donors (Lipinski definition) is 3. The van der Waals surface area contributed by atoms with Gasteiger partial charge in [0.15, 0.2) is 6.10 Å². The number of rotatable bonds is 4. The van der Waals surface area contributed by atoms with Gasteiger partial charge in [-0.15, -0.1) is 0 Å². The van der Waals surface area contributed by atoms with E-state index in [1.807, 2.05) is 24.3 Å². The number of aliphatic hydroxyl groups excluding tert-OH is 1. The number of aliphatic hydroxyl groups is 1. The summed E-state index contributed by atoms with van der Waals surface area (Å²) in [7, 11) is 0. The molecule has 0 aliphatic carbocycles. The van der Waals surface area contributed by atoms with Gasteiger partial charge in [0, 0.05) is 5.56 Å². The molecular formula is C19H16N2O3. The lowest BCUT2D eigenvalue weighted by Gasteiger charge is -2.09. The summed E-state index contributed by atoms with van der Waals surface area (Å²) in [5.74, 6) is -0.576. The SMILES string of the molecule is O=C(N/N=C/c1c(O)ccc2ccccc12)C(O)c1ccccc1. The first-order chi connectivity index (χ1) is 11.7. The van der Waals surface area contributed by atoms with E-state index in [-0.39, 0.29) is 5.75 Å². The highest BCUT2D eigenvalue weighted by Crippen LogP contribution is 2.25. The Morgan fingerprint density at radius 1 is 1.00 bits per heavy atom. The Hall–Kier alpha value is -3.18. The van der Waals surface area contributed by atoms with Crippen molar-refractivity contribution in [2.24, 2.45) is 5.10 Å². The van der Waals surface area contributed by atoms with Crippen molar-refractivity contribution in [1.29, 1.82) is 0 Å². The van der Waals surface area contributed by atoms with Crippen molar-refractivity contribution in [2.75, 3.05) is 0 Å². The predicted molar refractivity (Wildman–Crippen MR) is 92.8 cm³/mol. The molecule has 1 atom stereocenters. The summed E-state index contributed by atoms with van der Waals surface area (Å²) in [5.41, 5.74) is 3.28. The molecule has 3 aromatic carbocycles. The van der Waals surface area contributed by atoms with Crippen LogP contribution >= 0.6 is 0 Å². The Kier molecular flexibility index (Phi) is 4.54. The number of carbonyl (C=O) groups excluding carboxylic acids is 1. The van der Waals surface area contributed by atoms with Crippen LogP contribution in [0.4, 0.5) is 0 Å². The van der Waals surface area contributed by atoms with E-state index < -0.39 is 12.0 Å². The zero-order valence-electron chi connectivity index (χ0n) is 12.8. The van der Waals surface area contributed by atoms with Crippen LogP contribution in [0.5, 0.6) is 5.75 Å². The van der Waals surface area contributed by atoms with Gasteiger partial charge in [0.2, 0.25) is 0 Å². The minimum absolute atomic E-state index is 0.0651. The zero-order chi connectivity index (χ0) is 16.9. The number of phenols is 1. The standard InChI is InChI=1S/C19H16N2O3/c22-17-11-10-13-6-4-5-9-15(13)16(17)12-20-21-19(24)18(23)14-7-2-1-3-8-14/h1-12,18,22-23H,(H,21,24)/b20-12+. The van der Waals surface area contributed by atoms with Gasteiger partial charge in [-0.3, -0.25) is 4.79 Å². The Morgan fingerprint density at radius 3 is 2.50 bits per heavy atom. The molecule has 1 amide bonds. The fourth-order valence-corrected chi connectivity index (χ4v) is 2.43. The first-order valence-electron chi connectivity index (χ1n) is 7.43. The topological polar surface area (TPSA) is 81.9 Å². The van der Waals surface area contributed by atoms with Gasteiger partial charge in [-0.05, 0) is 22.4 Å². The van der Waals surface area contributed by atoms with E-state index in [2.05, 4.69) is 10.5 Å². The number of phenolic OH excluding ortho intramolecular Hbond substituents is 1. The van der Waals surface area contributed by atoms with E-state index in [1.54, 1.807) is 42.5 Å². The maximum Gasteiger partial charge on any atom is 0.273 e. The highest BCUT2D eigenvalue weighted by Gasteiger charge is 2.16. The molecular weight excluding hydrogens is 304 g/mol. The first kappa shape index (κ1) is 15.7. The van der Waals surface area contributed by atoms with Crippen LogP contribution in [0.2, 0.25) is 0 Å². The number of amides is 1. The number of aromatic hydroxyl groups is 1. The summed E-state index contributed by atoms with van der Waals surface area (Å²) in [6.45, 7) is 0. The number of nitrogens with one attached hydrogen (secondary N) is 1. The molecule has 0 saturated carbocycles. The number of carbonyl (C=O) groups is 1. The number of hydrogen-bond acceptors (Lipinski definition) is 4. The predicted octanol–water partition coefficient (Wildman–Crippen LogP) is 2.73. The third kappa shape index (κ3) is 3.26. The summed E-state index contributed by atoms with van der Waals surface area (Å²) in [5, 5.41) is 25.6. The van der Waals surface area contributed by atoms with Crippen molar-refractivity contribution >= 4 is 22.9 Å². The average molecular weight is 320 g/mol. The summed E-state index contributed by atoms with van der Waals surface area (Å²) in [4.78, 5) is 11.9. The van der Waals surface area contributed by atoms with E-state index in [4.69, 9.17) is 0 Å². The number of nitrogens with zero attached hydrogens (tertiary/aromatic N) is 1. The van der Waals surface area contributed by atoms with E-state index in [9.17, 15) is 15.0 Å². The van der Waals surface area contributed by atoms with Crippen LogP contribution < -0.4 is 5.43 Å². The molecule has 0 radical (unpaired) electrons. The number of benzene rings is 3. The molecule has 24 heavy (non-hydrogen) atoms. The molecule has 0 bridgehead atoms. The van der Waals surface area contributed by atoms with Gasteiger partial charge < -0.3 is 10.2 Å². The molecule has 0 aromatic heterocycles. The lowest BCUT2D eigenvalue weighted by Crippen LogP contribution is -2.25. The van der Waals surface area contributed by atoms with Gasteiger partial charge in [-0.25, -0.2) is 5.43 Å². The lowest BCUT2D eigenvalue weighted by molar-refractivity contribution is -0.129. The lowest BCUT2D eigenvalue weighted by atomic mass is 10.0. The second-order valence-electron chi connectivity index (χ2n) is 5.27. The van der Waals surface area contributed by atoms with Gasteiger partial charge in [0.1, 0.15) is 5.75 Å². The zero-order valence-corrected chi connectivity index (χ0v) is 12.8. The molecule has 0 heterocycles. The van der Waals surface area contributed by atoms with Crippen LogP contribution in [0.1, 0.15) is 17.2 Å². The molecule has 5 heteroatoms. The number of hydrazone groups is 1. The minimum atomic E-state index is -1.30. The van der Waals surface area contributed by atoms with Gasteiger partial charge in [0.05, 0.1) is 6.21 Å². The number of fused-ring (bicyclic) bond motifs is 1. The largest absolute Gasteiger partial charge is 0.507 e. The fraction of sp³-hybridized carbons (Fsp3) is 0.0526. The van der Waals surface area contributed by atoms with Crippen LogP contribution in [0, 0.1) is 0 Å². The third-order valence-corrected chi connectivity index (χ3v) is 3.68. The second-order valence-corrected chi connectivity index (χ2v) is 5.27. The third-order valence-electron chi connectivity index (χ3n) is 3.68. The molecule has 0 saturated heterocycles. The fourth-order valence-electron chi connectivity index (χ4n) is 2.43. The molecule has 0 fully saturated rings. The van der Waals surface area contributed by atoms with Crippen molar-refractivity contribution < 1.29 is 15.0 Å². The van der Waals surface area contributed by atoms with Crippen LogP contribution in [-0.4, -0.2) is 22.3 Å². The maximum atomic E-state index is 11.9. The molecule has 5 nitrogen and oxygen atoms in total. The Bertz CT molecular complexity index is 892. The van der Waals surface area contributed by atoms with Crippen LogP contribution in [0.25, 0.3) is 10.8 Å².